The Morgan fingerprint density at radius 2 is 1.83 bits per heavy atom. The molecule has 4 aromatic rings. The number of rotatable bonds is 4. The standard InChI is InChI=1S/C19H14O5/c1-11-12(8-18(23-11)19(20)21)10-22-13-6-7-15-14-4-2-3-5-16(14)24-17(15)9-13/h2-9H,10H2,1H3,(H,20,21). The highest BCUT2D eigenvalue weighted by atomic mass is 16.5. The normalized spacial score (nSPS) is 11.2. The van der Waals surface area contributed by atoms with E-state index in [0.717, 1.165) is 21.9 Å². The third-order valence-corrected chi connectivity index (χ3v) is 3.98. The number of ether oxygens (including phenoxy) is 1. The predicted molar refractivity (Wildman–Crippen MR) is 88.5 cm³/mol. The second-order valence-corrected chi connectivity index (χ2v) is 5.54. The first kappa shape index (κ1) is 14.4. The molecule has 2 aromatic carbocycles. The minimum absolute atomic E-state index is 0.0844. The third-order valence-electron chi connectivity index (χ3n) is 3.98. The van der Waals surface area contributed by atoms with E-state index in [-0.39, 0.29) is 12.4 Å². The van der Waals surface area contributed by atoms with Gasteiger partial charge in [0, 0.05) is 22.4 Å². The fraction of sp³-hybridized carbons (Fsp3) is 0.105. The van der Waals surface area contributed by atoms with Crippen LogP contribution in [0.5, 0.6) is 5.75 Å². The topological polar surface area (TPSA) is 72.8 Å². The number of para-hydroxylation sites is 1. The molecule has 0 radical (unpaired) electrons. The molecule has 0 amide bonds. The summed E-state index contributed by atoms with van der Waals surface area (Å²) in [5, 5.41) is 11.0. The van der Waals surface area contributed by atoms with Crippen LogP contribution in [0.3, 0.4) is 0 Å². The van der Waals surface area contributed by atoms with E-state index in [9.17, 15) is 4.79 Å². The van der Waals surface area contributed by atoms with Crippen LogP contribution in [-0.2, 0) is 6.61 Å². The van der Waals surface area contributed by atoms with Crippen LogP contribution in [0.2, 0.25) is 0 Å². The monoisotopic (exact) mass is 322 g/mol. The zero-order valence-electron chi connectivity index (χ0n) is 12.9. The van der Waals surface area contributed by atoms with Gasteiger partial charge in [0.25, 0.3) is 0 Å². The van der Waals surface area contributed by atoms with Crippen LogP contribution in [-0.4, -0.2) is 11.1 Å². The molecule has 24 heavy (non-hydrogen) atoms. The number of carboxylic acid groups (broad SMARTS) is 1. The van der Waals surface area contributed by atoms with Crippen molar-refractivity contribution in [1.82, 2.24) is 0 Å². The maximum Gasteiger partial charge on any atom is 0.371 e. The first-order chi connectivity index (χ1) is 11.6. The molecule has 0 saturated carbocycles. The SMILES string of the molecule is Cc1oc(C(=O)O)cc1COc1ccc2c(c1)oc1ccccc12. The Bertz CT molecular complexity index is 1050. The molecular formula is C19H14O5. The minimum Gasteiger partial charge on any atom is -0.489 e. The summed E-state index contributed by atoms with van der Waals surface area (Å²) >= 11 is 0. The molecule has 0 aliphatic carbocycles. The lowest BCUT2D eigenvalue weighted by atomic mass is 10.1. The van der Waals surface area contributed by atoms with Crippen LogP contribution < -0.4 is 4.74 Å². The first-order valence-corrected chi connectivity index (χ1v) is 7.48. The van der Waals surface area contributed by atoms with E-state index in [1.807, 2.05) is 42.5 Å². The van der Waals surface area contributed by atoms with E-state index in [2.05, 4.69) is 0 Å². The van der Waals surface area contributed by atoms with E-state index in [0.29, 0.717) is 17.1 Å². The van der Waals surface area contributed by atoms with Crippen LogP contribution in [0.1, 0.15) is 21.9 Å². The second kappa shape index (κ2) is 5.45. The Kier molecular flexibility index (Phi) is 3.27. The highest BCUT2D eigenvalue weighted by Crippen LogP contribution is 2.31. The number of furan rings is 2. The number of carbonyl (C=O) groups is 1. The van der Waals surface area contributed by atoms with Crippen molar-refractivity contribution in [2.24, 2.45) is 0 Å². The summed E-state index contributed by atoms with van der Waals surface area (Å²) in [6.07, 6.45) is 0. The Morgan fingerprint density at radius 3 is 2.62 bits per heavy atom. The van der Waals surface area contributed by atoms with E-state index >= 15 is 0 Å². The molecule has 0 fully saturated rings. The molecule has 120 valence electrons. The summed E-state index contributed by atoms with van der Waals surface area (Å²) in [6.45, 7) is 1.95. The lowest BCUT2D eigenvalue weighted by molar-refractivity contribution is 0.0661. The Morgan fingerprint density at radius 1 is 1.04 bits per heavy atom. The van der Waals surface area contributed by atoms with E-state index in [1.54, 1.807) is 6.92 Å². The van der Waals surface area contributed by atoms with Crippen molar-refractivity contribution in [2.75, 3.05) is 0 Å². The fourth-order valence-electron chi connectivity index (χ4n) is 2.73. The largest absolute Gasteiger partial charge is 0.489 e. The molecule has 2 aromatic heterocycles. The molecule has 4 rings (SSSR count). The number of fused-ring (bicyclic) bond motifs is 3. The molecule has 0 bridgehead atoms. The average molecular weight is 322 g/mol. The van der Waals surface area contributed by atoms with Gasteiger partial charge in [-0.1, -0.05) is 18.2 Å². The average Bonchev–Trinajstić information content (AvgIpc) is 3.13. The van der Waals surface area contributed by atoms with Gasteiger partial charge >= 0.3 is 5.97 Å². The fourth-order valence-corrected chi connectivity index (χ4v) is 2.73. The van der Waals surface area contributed by atoms with Gasteiger partial charge in [-0.15, -0.1) is 0 Å². The number of aryl methyl sites for hydroxylation is 1. The van der Waals surface area contributed by atoms with Crippen molar-refractivity contribution in [3.05, 3.63) is 65.6 Å². The molecule has 2 heterocycles. The molecule has 0 saturated heterocycles. The van der Waals surface area contributed by atoms with Crippen molar-refractivity contribution >= 4 is 27.9 Å². The van der Waals surface area contributed by atoms with Crippen LogP contribution in [0.25, 0.3) is 21.9 Å². The molecule has 5 heteroatoms. The number of hydrogen-bond acceptors (Lipinski definition) is 4. The number of carboxylic acids is 1. The first-order valence-electron chi connectivity index (χ1n) is 7.48. The van der Waals surface area contributed by atoms with Gasteiger partial charge in [-0.05, 0) is 31.2 Å². The van der Waals surface area contributed by atoms with Crippen LogP contribution in [0.15, 0.2) is 57.4 Å². The molecule has 0 unspecified atom stereocenters. The van der Waals surface area contributed by atoms with Gasteiger partial charge in [-0.2, -0.15) is 0 Å². The molecule has 0 atom stereocenters. The quantitative estimate of drug-likeness (QED) is 0.586. The van der Waals surface area contributed by atoms with Gasteiger partial charge in [0.05, 0.1) is 0 Å². The number of benzene rings is 2. The Balaban J connectivity index is 1.61. The summed E-state index contributed by atoms with van der Waals surface area (Å²) in [6, 6.07) is 15.0. The number of aromatic carboxylic acids is 1. The lowest BCUT2D eigenvalue weighted by Gasteiger charge is -2.04. The van der Waals surface area contributed by atoms with E-state index < -0.39 is 5.97 Å². The van der Waals surface area contributed by atoms with Crippen molar-refractivity contribution in [3.63, 3.8) is 0 Å². The van der Waals surface area contributed by atoms with Gasteiger partial charge in [-0.3, -0.25) is 0 Å². The molecule has 0 aliphatic heterocycles. The Hall–Kier alpha value is -3.21. The van der Waals surface area contributed by atoms with Crippen LogP contribution >= 0.6 is 0 Å². The van der Waals surface area contributed by atoms with Gasteiger partial charge in [0.15, 0.2) is 0 Å². The maximum absolute atomic E-state index is 10.9. The smallest absolute Gasteiger partial charge is 0.371 e. The van der Waals surface area contributed by atoms with Crippen LogP contribution in [0.4, 0.5) is 0 Å². The van der Waals surface area contributed by atoms with Gasteiger partial charge in [0.1, 0.15) is 29.3 Å². The summed E-state index contributed by atoms with van der Waals surface area (Å²) < 4.78 is 16.8. The predicted octanol–water partition coefficient (Wildman–Crippen LogP) is 4.76. The second-order valence-electron chi connectivity index (χ2n) is 5.54. The molecule has 5 nitrogen and oxygen atoms in total. The Labute approximate surface area is 137 Å². The van der Waals surface area contributed by atoms with Gasteiger partial charge in [-0.25, -0.2) is 4.79 Å². The molecular weight excluding hydrogens is 308 g/mol. The number of hydrogen-bond donors (Lipinski definition) is 1. The highest BCUT2D eigenvalue weighted by molar-refractivity contribution is 6.05. The summed E-state index contributed by atoms with van der Waals surface area (Å²) in [5.74, 6) is 0.0168. The lowest BCUT2D eigenvalue weighted by Crippen LogP contribution is -1.96. The van der Waals surface area contributed by atoms with Gasteiger partial charge in [0.2, 0.25) is 5.76 Å². The van der Waals surface area contributed by atoms with Gasteiger partial charge < -0.3 is 18.7 Å². The molecule has 1 N–H and O–H groups in total. The maximum atomic E-state index is 10.9. The van der Waals surface area contributed by atoms with Crippen LogP contribution in [0, 0.1) is 6.92 Å². The zero-order chi connectivity index (χ0) is 16.7. The minimum atomic E-state index is -1.09. The zero-order valence-corrected chi connectivity index (χ0v) is 12.9. The van der Waals surface area contributed by atoms with Crippen molar-refractivity contribution in [3.8, 4) is 5.75 Å². The molecule has 0 aliphatic rings. The van der Waals surface area contributed by atoms with Crippen molar-refractivity contribution < 1.29 is 23.5 Å². The van der Waals surface area contributed by atoms with Crippen molar-refractivity contribution in [2.45, 2.75) is 13.5 Å². The highest BCUT2D eigenvalue weighted by Gasteiger charge is 2.14. The molecule has 0 spiro atoms. The summed E-state index contributed by atoms with van der Waals surface area (Å²) in [7, 11) is 0. The summed E-state index contributed by atoms with van der Waals surface area (Å²) in [5.41, 5.74) is 2.29. The summed E-state index contributed by atoms with van der Waals surface area (Å²) in [4.78, 5) is 10.9. The van der Waals surface area contributed by atoms with Crippen molar-refractivity contribution in [1.29, 1.82) is 0 Å². The van der Waals surface area contributed by atoms with E-state index in [1.165, 1.54) is 6.07 Å². The third kappa shape index (κ3) is 2.40. The van der Waals surface area contributed by atoms with E-state index in [4.69, 9.17) is 18.7 Å².